The topological polar surface area (TPSA) is 53.6 Å². The Morgan fingerprint density at radius 1 is 1.18 bits per heavy atom. The van der Waals surface area contributed by atoms with Crippen LogP contribution in [0.1, 0.15) is 33.1 Å². The summed E-state index contributed by atoms with van der Waals surface area (Å²) in [5.74, 6) is 0.947. The number of hydrogen-bond donors (Lipinski definition) is 2. The summed E-state index contributed by atoms with van der Waals surface area (Å²) < 4.78 is 5.71. The minimum absolute atomic E-state index is 0. The summed E-state index contributed by atoms with van der Waals surface area (Å²) in [6.07, 6.45) is 4.30. The van der Waals surface area contributed by atoms with Gasteiger partial charge in [0.1, 0.15) is 0 Å². The van der Waals surface area contributed by atoms with Crippen molar-refractivity contribution >= 4 is 30.7 Å². The van der Waals surface area contributed by atoms with Crippen LogP contribution in [0, 0.1) is 5.92 Å². The van der Waals surface area contributed by atoms with E-state index < -0.39 is 0 Å². The predicted octanol–water partition coefficient (Wildman–Crippen LogP) is 1.45. The fourth-order valence-corrected chi connectivity index (χ4v) is 2.77. The van der Waals surface area contributed by atoms with Crippen molar-refractivity contribution in [3.63, 3.8) is 0 Å². The molecule has 2 rings (SSSR count). The molecule has 132 valence electrons. The Morgan fingerprint density at radius 3 is 2.41 bits per heavy atom. The zero-order valence-electron chi connectivity index (χ0n) is 13.7. The molecule has 0 aromatic rings. The summed E-state index contributed by atoms with van der Waals surface area (Å²) in [6, 6.07) is 0. The zero-order chi connectivity index (χ0) is 14.4. The highest BCUT2D eigenvalue weighted by molar-refractivity contribution is 5.85. The fourth-order valence-electron chi connectivity index (χ4n) is 2.77. The van der Waals surface area contributed by atoms with Gasteiger partial charge < -0.3 is 15.4 Å². The van der Waals surface area contributed by atoms with Crippen LogP contribution in [0.4, 0.5) is 0 Å². The second-order valence-electron chi connectivity index (χ2n) is 6.29. The van der Waals surface area contributed by atoms with Crippen LogP contribution in [0.2, 0.25) is 0 Å². The Morgan fingerprint density at radius 2 is 1.82 bits per heavy atom. The minimum atomic E-state index is 0. The molecule has 0 bridgehead atoms. The molecule has 2 N–H and O–H groups in total. The third-order valence-corrected chi connectivity index (χ3v) is 3.88. The van der Waals surface area contributed by atoms with E-state index in [1.165, 1.54) is 12.8 Å². The van der Waals surface area contributed by atoms with Crippen molar-refractivity contribution < 1.29 is 9.53 Å². The summed E-state index contributed by atoms with van der Waals surface area (Å²) in [6.45, 7) is 9.51. The molecule has 1 saturated carbocycles. The lowest BCUT2D eigenvalue weighted by atomic mass is 10.2. The fraction of sp³-hybridized carbons (Fsp3) is 0.933. The standard InChI is InChI=1S/C15H29N3O2.2ClH/c1-12-10-18(11-13(2)20-12)7-3-6-17-15(19)9-16-8-14-4-5-14;;/h12-14,16H,3-11H2,1-2H3,(H,17,19);2*1H. The SMILES string of the molecule is CC1CN(CCCNC(=O)CNCC2CC2)CC(C)O1.Cl.Cl. The van der Waals surface area contributed by atoms with Crippen LogP contribution in [-0.2, 0) is 9.53 Å². The molecule has 0 aromatic carbocycles. The molecule has 1 saturated heterocycles. The van der Waals surface area contributed by atoms with Gasteiger partial charge in [-0.05, 0) is 45.6 Å². The quantitative estimate of drug-likeness (QED) is 0.647. The van der Waals surface area contributed by atoms with Crippen molar-refractivity contribution in [2.45, 2.75) is 45.3 Å². The van der Waals surface area contributed by atoms with Gasteiger partial charge in [0.25, 0.3) is 0 Å². The van der Waals surface area contributed by atoms with Crippen LogP contribution in [0.3, 0.4) is 0 Å². The third-order valence-electron chi connectivity index (χ3n) is 3.88. The Kier molecular flexibility index (Phi) is 11.4. The summed E-state index contributed by atoms with van der Waals surface area (Å²) in [5.41, 5.74) is 0. The van der Waals surface area contributed by atoms with Gasteiger partial charge in [-0.2, -0.15) is 0 Å². The maximum absolute atomic E-state index is 11.6. The van der Waals surface area contributed by atoms with Gasteiger partial charge in [0.15, 0.2) is 0 Å². The average molecular weight is 356 g/mol. The molecule has 5 nitrogen and oxygen atoms in total. The maximum Gasteiger partial charge on any atom is 0.233 e. The van der Waals surface area contributed by atoms with Crippen LogP contribution in [-0.4, -0.2) is 62.3 Å². The molecule has 0 spiro atoms. The number of carbonyl (C=O) groups is 1. The van der Waals surface area contributed by atoms with Crippen molar-refractivity contribution in [1.29, 1.82) is 0 Å². The Labute approximate surface area is 146 Å². The molecule has 1 amide bonds. The second-order valence-corrected chi connectivity index (χ2v) is 6.29. The predicted molar refractivity (Wildman–Crippen MR) is 94.2 cm³/mol. The molecule has 7 heteroatoms. The summed E-state index contributed by atoms with van der Waals surface area (Å²) in [5, 5.41) is 6.19. The van der Waals surface area contributed by atoms with Gasteiger partial charge in [0, 0.05) is 26.2 Å². The first kappa shape index (κ1) is 21.9. The Balaban J connectivity index is 0.00000220. The number of hydrogen-bond acceptors (Lipinski definition) is 4. The summed E-state index contributed by atoms with van der Waals surface area (Å²) >= 11 is 0. The van der Waals surface area contributed by atoms with E-state index in [1.54, 1.807) is 0 Å². The number of nitrogens with zero attached hydrogens (tertiary/aromatic N) is 1. The zero-order valence-corrected chi connectivity index (χ0v) is 15.3. The molecule has 1 aliphatic carbocycles. The lowest BCUT2D eigenvalue weighted by Crippen LogP contribution is -2.46. The van der Waals surface area contributed by atoms with Gasteiger partial charge >= 0.3 is 0 Å². The van der Waals surface area contributed by atoms with Crippen LogP contribution in [0.5, 0.6) is 0 Å². The molecule has 2 aliphatic rings. The van der Waals surface area contributed by atoms with Gasteiger partial charge in [0.2, 0.25) is 5.91 Å². The van der Waals surface area contributed by atoms with E-state index in [2.05, 4.69) is 29.4 Å². The molecule has 0 aromatic heterocycles. The third kappa shape index (κ3) is 9.16. The number of morpholine rings is 1. The molecule has 0 radical (unpaired) electrons. The van der Waals surface area contributed by atoms with Crippen molar-refractivity contribution in [3.8, 4) is 0 Å². The minimum Gasteiger partial charge on any atom is -0.373 e. The molecule has 2 unspecified atom stereocenters. The first-order valence-corrected chi connectivity index (χ1v) is 7.98. The Hall–Kier alpha value is -0.0700. The number of rotatable bonds is 8. The number of carbonyl (C=O) groups excluding carboxylic acids is 1. The molecule has 2 fully saturated rings. The molecular weight excluding hydrogens is 325 g/mol. The molecule has 1 heterocycles. The second kappa shape index (κ2) is 11.5. The van der Waals surface area contributed by atoms with E-state index >= 15 is 0 Å². The smallest absolute Gasteiger partial charge is 0.233 e. The van der Waals surface area contributed by atoms with Crippen LogP contribution < -0.4 is 10.6 Å². The molecule has 2 atom stereocenters. The van der Waals surface area contributed by atoms with E-state index in [1.807, 2.05) is 0 Å². The van der Waals surface area contributed by atoms with Gasteiger partial charge in [-0.3, -0.25) is 9.69 Å². The van der Waals surface area contributed by atoms with E-state index in [-0.39, 0.29) is 30.7 Å². The normalized spacial score (nSPS) is 25.0. The Bertz CT molecular complexity index is 307. The highest BCUT2D eigenvalue weighted by Crippen LogP contribution is 2.27. The van der Waals surface area contributed by atoms with E-state index in [9.17, 15) is 4.79 Å². The lowest BCUT2D eigenvalue weighted by molar-refractivity contribution is -0.120. The van der Waals surface area contributed by atoms with Gasteiger partial charge in [-0.25, -0.2) is 0 Å². The van der Waals surface area contributed by atoms with Crippen molar-refractivity contribution in [2.24, 2.45) is 5.92 Å². The van der Waals surface area contributed by atoms with Crippen LogP contribution >= 0.6 is 24.8 Å². The molecule has 22 heavy (non-hydrogen) atoms. The first-order valence-electron chi connectivity index (χ1n) is 7.98. The highest BCUT2D eigenvalue weighted by atomic mass is 35.5. The first-order chi connectivity index (χ1) is 9.63. The largest absolute Gasteiger partial charge is 0.373 e. The lowest BCUT2D eigenvalue weighted by Gasteiger charge is -2.35. The summed E-state index contributed by atoms with van der Waals surface area (Å²) in [4.78, 5) is 14.0. The van der Waals surface area contributed by atoms with Gasteiger partial charge in [-0.15, -0.1) is 24.8 Å². The van der Waals surface area contributed by atoms with Crippen LogP contribution in [0.15, 0.2) is 0 Å². The average Bonchev–Trinajstić information content (AvgIpc) is 3.17. The summed E-state index contributed by atoms with van der Waals surface area (Å²) in [7, 11) is 0. The van der Waals surface area contributed by atoms with E-state index in [4.69, 9.17) is 4.74 Å². The van der Waals surface area contributed by atoms with Crippen LogP contribution in [0.25, 0.3) is 0 Å². The monoisotopic (exact) mass is 355 g/mol. The van der Waals surface area contributed by atoms with Gasteiger partial charge in [-0.1, -0.05) is 0 Å². The number of amides is 1. The highest BCUT2D eigenvalue weighted by Gasteiger charge is 2.22. The van der Waals surface area contributed by atoms with Gasteiger partial charge in [0.05, 0.1) is 18.8 Å². The number of nitrogens with one attached hydrogen (secondary N) is 2. The van der Waals surface area contributed by atoms with Crippen molar-refractivity contribution in [3.05, 3.63) is 0 Å². The molecule has 1 aliphatic heterocycles. The van der Waals surface area contributed by atoms with Crippen molar-refractivity contribution in [1.82, 2.24) is 15.5 Å². The number of halogens is 2. The number of ether oxygens (including phenoxy) is 1. The van der Waals surface area contributed by atoms with E-state index in [0.29, 0.717) is 18.8 Å². The van der Waals surface area contributed by atoms with E-state index in [0.717, 1.165) is 45.1 Å². The van der Waals surface area contributed by atoms with Crippen molar-refractivity contribution in [2.75, 3.05) is 39.3 Å². The molecular formula is C15H31Cl2N3O2. The maximum atomic E-state index is 11.6.